The standard InChI is InChI=1S/C16H22O4/c1-12(17)20-16-6-4-3-5-15(16)13-7-9-14(10-8-13)19-11-18-2/h7-10,15-16H,3-6,11H2,1-2H3. The molecule has 2 atom stereocenters. The maximum Gasteiger partial charge on any atom is 0.302 e. The topological polar surface area (TPSA) is 44.8 Å². The number of carbonyl (C=O) groups excluding carboxylic acids is 1. The van der Waals surface area contributed by atoms with Gasteiger partial charge in [-0.25, -0.2) is 0 Å². The lowest BCUT2D eigenvalue weighted by Crippen LogP contribution is -2.27. The van der Waals surface area contributed by atoms with Crippen molar-refractivity contribution in [3.05, 3.63) is 29.8 Å². The smallest absolute Gasteiger partial charge is 0.302 e. The number of methoxy groups -OCH3 is 1. The molecule has 4 nitrogen and oxygen atoms in total. The number of carbonyl (C=O) groups is 1. The zero-order valence-corrected chi connectivity index (χ0v) is 12.1. The first-order chi connectivity index (χ1) is 9.70. The third-order valence-electron chi connectivity index (χ3n) is 3.67. The van der Waals surface area contributed by atoms with Crippen molar-refractivity contribution >= 4 is 5.97 Å². The Morgan fingerprint density at radius 2 is 1.90 bits per heavy atom. The lowest BCUT2D eigenvalue weighted by Gasteiger charge is -2.31. The zero-order valence-electron chi connectivity index (χ0n) is 12.1. The van der Waals surface area contributed by atoms with E-state index in [1.807, 2.05) is 12.1 Å². The Kier molecular flexibility index (Phi) is 5.41. The highest BCUT2D eigenvalue weighted by Crippen LogP contribution is 2.35. The Morgan fingerprint density at radius 3 is 2.55 bits per heavy atom. The molecule has 0 aliphatic heterocycles. The van der Waals surface area contributed by atoms with E-state index in [1.54, 1.807) is 7.11 Å². The molecule has 4 heteroatoms. The first-order valence-corrected chi connectivity index (χ1v) is 7.09. The summed E-state index contributed by atoms with van der Waals surface area (Å²) in [4.78, 5) is 11.2. The maximum absolute atomic E-state index is 11.2. The van der Waals surface area contributed by atoms with E-state index in [9.17, 15) is 4.79 Å². The van der Waals surface area contributed by atoms with Crippen LogP contribution >= 0.6 is 0 Å². The summed E-state index contributed by atoms with van der Waals surface area (Å²) in [7, 11) is 1.60. The summed E-state index contributed by atoms with van der Waals surface area (Å²) in [5.41, 5.74) is 1.21. The predicted molar refractivity (Wildman–Crippen MR) is 75.7 cm³/mol. The molecule has 0 amide bonds. The van der Waals surface area contributed by atoms with E-state index in [-0.39, 0.29) is 18.9 Å². The first kappa shape index (κ1) is 14.9. The number of hydrogen-bond acceptors (Lipinski definition) is 4. The molecule has 1 saturated carbocycles. The summed E-state index contributed by atoms with van der Waals surface area (Å²) < 4.78 is 15.7. The normalized spacial score (nSPS) is 22.3. The van der Waals surface area contributed by atoms with Gasteiger partial charge in [-0.3, -0.25) is 4.79 Å². The maximum atomic E-state index is 11.2. The molecule has 0 heterocycles. The van der Waals surface area contributed by atoms with Crippen molar-refractivity contribution < 1.29 is 19.0 Å². The van der Waals surface area contributed by atoms with E-state index in [4.69, 9.17) is 14.2 Å². The molecule has 0 radical (unpaired) electrons. The second-order valence-corrected chi connectivity index (χ2v) is 5.16. The largest absolute Gasteiger partial charge is 0.468 e. The number of rotatable bonds is 5. The molecule has 1 fully saturated rings. The molecule has 0 N–H and O–H groups in total. The summed E-state index contributed by atoms with van der Waals surface area (Å²) in [5, 5.41) is 0. The van der Waals surface area contributed by atoms with E-state index in [2.05, 4.69) is 12.1 Å². The Balaban J connectivity index is 2.05. The summed E-state index contributed by atoms with van der Waals surface area (Å²) in [6.07, 6.45) is 4.34. The van der Waals surface area contributed by atoms with E-state index >= 15 is 0 Å². The molecule has 0 bridgehead atoms. The van der Waals surface area contributed by atoms with Gasteiger partial charge in [0.1, 0.15) is 11.9 Å². The van der Waals surface area contributed by atoms with E-state index < -0.39 is 0 Å². The molecule has 1 aliphatic carbocycles. The molecule has 2 unspecified atom stereocenters. The van der Waals surface area contributed by atoms with Crippen LogP contribution in [0.5, 0.6) is 5.75 Å². The lowest BCUT2D eigenvalue weighted by atomic mass is 9.81. The molecule has 110 valence electrons. The number of hydrogen-bond donors (Lipinski definition) is 0. The third kappa shape index (κ3) is 3.97. The quantitative estimate of drug-likeness (QED) is 0.612. The molecule has 0 saturated heterocycles. The van der Waals surface area contributed by atoms with Gasteiger partial charge >= 0.3 is 5.97 Å². The fourth-order valence-corrected chi connectivity index (χ4v) is 2.77. The molecule has 1 aromatic carbocycles. The molecule has 2 rings (SSSR count). The van der Waals surface area contributed by atoms with Crippen LogP contribution in [-0.4, -0.2) is 26.0 Å². The van der Waals surface area contributed by atoms with Gasteiger partial charge in [0.25, 0.3) is 0 Å². The van der Waals surface area contributed by atoms with Crippen LogP contribution in [0.1, 0.15) is 44.1 Å². The van der Waals surface area contributed by atoms with Gasteiger partial charge in [0.05, 0.1) is 0 Å². The first-order valence-electron chi connectivity index (χ1n) is 7.09. The molecule has 1 aromatic rings. The van der Waals surface area contributed by atoms with Crippen LogP contribution in [0.3, 0.4) is 0 Å². The van der Waals surface area contributed by atoms with Crippen molar-refractivity contribution in [3.63, 3.8) is 0 Å². The highest BCUT2D eigenvalue weighted by atomic mass is 16.7. The molecular weight excluding hydrogens is 256 g/mol. The van der Waals surface area contributed by atoms with Crippen LogP contribution in [0, 0.1) is 0 Å². The minimum atomic E-state index is -0.193. The van der Waals surface area contributed by atoms with Crippen LogP contribution in [-0.2, 0) is 14.3 Å². The zero-order chi connectivity index (χ0) is 14.4. The Hall–Kier alpha value is -1.55. The van der Waals surface area contributed by atoms with Gasteiger partial charge in [0.2, 0.25) is 0 Å². The molecule has 1 aliphatic rings. The molecule has 0 aromatic heterocycles. The van der Waals surface area contributed by atoms with Gasteiger partial charge in [-0.05, 0) is 37.0 Å². The summed E-state index contributed by atoms with van der Waals surface area (Å²) in [5.74, 6) is 0.890. The van der Waals surface area contributed by atoms with Gasteiger partial charge < -0.3 is 14.2 Å². The number of benzene rings is 1. The fraction of sp³-hybridized carbons (Fsp3) is 0.562. The second kappa shape index (κ2) is 7.29. The van der Waals surface area contributed by atoms with E-state index in [1.165, 1.54) is 18.9 Å². The van der Waals surface area contributed by atoms with E-state index in [0.717, 1.165) is 25.0 Å². The van der Waals surface area contributed by atoms with Gasteiger partial charge in [0, 0.05) is 20.0 Å². The highest BCUT2D eigenvalue weighted by molar-refractivity contribution is 5.66. The summed E-state index contributed by atoms with van der Waals surface area (Å²) in [6.45, 7) is 1.73. The SMILES string of the molecule is COCOc1ccc(C2CCCCC2OC(C)=O)cc1. The highest BCUT2D eigenvalue weighted by Gasteiger charge is 2.28. The lowest BCUT2D eigenvalue weighted by molar-refractivity contribution is -0.148. The van der Waals surface area contributed by atoms with Crippen LogP contribution < -0.4 is 4.74 Å². The average Bonchev–Trinajstić information content (AvgIpc) is 2.46. The Morgan fingerprint density at radius 1 is 1.20 bits per heavy atom. The summed E-state index contributed by atoms with van der Waals surface area (Å²) >= 11 is 0. The van der Waals surface area contributed by atoms with Crippen molar-refractivity contribution in [2.24, 2.45) is 0 Å². The van der Waals surface area contributed by atoms with Gasteiger partial charge in [-0.15, -0.1) is 0 Å². The number of esters is 1. The van der Waals surface area contributed by atoms with Crippen molar-refractivity contribution in [1.82, 2.24) is 0 Å². The van der Waals surface area contributed by atoms with Gasteiger partial charge in [0.15, 0.2) is 6.79 Å². The minimum absolute atomic E-state index is 0.00648. The fourth-order valence-electron chi connectivity index (χ4n) is 2.77. The van der Waals surface area contributed by atoms with Gasteiger partial charge in [-0.1, -0.05) is 18.6 Å². The van der Waals surface area contributed by atoms with Crippen molar-refractivity contribution in [2.75, 3.05) is 13.9 Å². The molecule has 0 spiro atoms. The Labute approximate surface area is 120 Å². The van der Waals surface area contributed by atoms with Crippen molar-refractivity contribution in [1.29, 1.82) is 0 Å². The monoisotopic (exact) mass is 278 g/mol. The van der Waals surface area contributed by atoms with Crippen molar-refractivity contribution in [2.45, 2.75) is 44.6 Å². The number of ether oxygens (including phenoxy) is 3. The predicted octanol–water partition coefficient (Wildman–Crippen LogP) is 3.26. The van der Waals surface area contributed by atoms with Gasteiger partial charge in [-0.2, -0.15) is 0 Å². The summed E-state index contributed by atoms with van der Waals surface area (Å²) in [6, 6.07) is 7.98. The van der Waals surface area contributed by atoms with Crippen molar-refractivity contribution in [3.8, 4) is 5.75 Å². The van der Waals surface area contributed by atoms with Crippen LogP contribution in [0.4, 0.5) is 0 Å². The third-order valence-corrected chi connectivity index (χ3v) is 3.67. The second-order valence-electron chi connectivity index (χ2n) is 5.16. The van der Waals surface area contributed by atoms with E-state index in [0.29, 0.717) is 5.92 Å². The van der Waals surface area contributed by atoms with Crippen LogP contribution in [0.2, 0.25) is 0 Å². The average molecular weight is 278 g/mol. The Bertz CT molecular complexity index is 427. The molecule has 20 heavy (non-hydrogen) atoms. The van der Waals surface area contributed by atoms with Crippen LogP contribution in [0.15, 0.2) is 24.3 Å². The minimum Gasteiger partial charge on any atom is -0.468 e. The molecular formula is C16H22O4. The van der Waals surface area contributed by atoms with Crippen LogP contribution in [0.25, 0.3) is 0 Å².